The molecule has 0 amide bonds. The number of carbonyl (C=O) groups is 2. The second-order valence-electron chi connectivity index (χ2n) is 15.7. The molecule has 0 aromatic carbocycles. The van der Waals surface area contributed by atoms with Gasteiger partial charge in [0.2, 0.25) is 0 Å². The number of ether oxygens (including phenoxy) is 2. The molecule has 0 spiro atoms. The Hall–Kier alpha value is -2.22. The van der Waals surface area contributed by atoms with Gasteiger partial charge in [0.25, 0.3) is 0 Å². The smallest absolute Gasteiger partial charge is 0.305 e. The molecular formula is C48H86O7. The summed E-state index contributed by atoms with van der Waals surface area (Å²) < 4.78 is 10.2. The van der Waals surface area contributed by atoms with Gasteiger partial charge in [-0.2, -0.15) is 0 Å². The van der Waals surface area contributed by atoms with Crippen molar-refractivity contribution < 1.29 is 34.4 Å². The summed E-state index contributed by atoms with van der Waals surface area (Å²) in [5.41, 5.74) is 0. The van der Waals surface area contributed by atoms with Crippen LogP contribution in [0.5, 0.6) is 0 Å². The average Bonchev–Trinajstić information content (AvgIpc) is 3.18. The van der Waals surface area contributed by atoms with Crippen LogP contribution < -0.4 is 0 Å². The first kappa shape index (κ1) is 52.8. The Morgan fingerprint density at radius 3 is 1.29 bits per heavy atom. The third-order valence-electron chi connectivity index (χ3n) is 10.3. The summed E-state index contributed by atoms with van der Waals surface area (Å²) in [7, 11) is 0. The maximum atomic E-state index is 12.0. The Morgan fingerprint density at radius 1 is 0.473 bits per heavy atom. The summed E-state index contributed by atoms with van der Waals surface area (Å²) >= 11 is 0. The predicted molar refractivity (Wildman–Crippen MR) is 231 cm³/mol. The zero-order valence-electron chi connectivity index (χ0n) is 35.8. The Bertz CT molecular complexity index is 971. The minimum absolute atomic E-state index is 0.0688. The van der Waals surface area contributed by atoms with E-state index < -0.39 is 24.3 Å². The molecule has 0 aromatic heterocycles. The van der Waals surface area contributed by atoms with E-state index >= 15 is 0 Å². The zero-order valence-corrected chi connectivity index (χ0v) is 35.8. The number of unbranched alkanes of at least 4 members (excludes halogenated alkanes) is 17. The number of aliphatic hydroxyl groups is 3. The minimum atomic E-state index is -1.07. The molecule has 0 heterocycles. The molecule has 4 atom stereocenters. The summed E-state index contributed by atoms with van der Waals surface area (Å²) in [5.74, 6) is 0.0680. The normalized spacial score (nSPS) is 14.4. The number of hydrogen-bond acceptors (Lipinski definition) is 7. The fraction of sp³-hybridized carbons (Fsp3) is 0.792. The van der Waals surface area contributed by atoms with Gasteiger partial charge in [-0.3, -0.25) is 9.59 Å². The number of aliphatic hydroxyl groups excluding tert-OH is 3. The molecular weight excluding hydrogens is 689 g/mol. The summed E-state index contributed by atoms with van der Waals surface area (Å²) in [6.45, 7) is 6.35. The van der Waals surface area contributed by atoms with E-state index in [1.165, 1.54) is 109 Å². The second-order valence-corrected chi connectivity index (χ2v) is 15.7. The third-order valence-corrected chi connectivity index (χ3v) is 10.3. The Labute approximate surface area is 338 Å². The Balaban J connectivity index is 3.59. The van der Waals surface area contributed by atoms with Crippen molar-refractivity contribution in [3.63, 3.8) is 0 Å². The van der Waals surface area contributed by atoms with Crippen molar-refractivity contribution in [2.75, 3.05) is 13.2 Å². The largest absolute Gasteiger partial charge is 0.463 e. The van der Waals surface area contributed by atoms with Crippen LogP contribution >= 0.6 is 0 Å². The van der Waals surface area contributed by atoms with Crippen LogP contribution in [-0.2, 0) is 19.1 Å². The standard InChI is InChI=1S/C48H86O7/c1-4-6-7-8-9-10-11-21-24-27-30-33-37-45(50)46(51)38-35-40-48(53)55-42-44(49)41-54-47(52)39-34-31-28-25-22-19-17-15-13-12-14-16-18-20-23-26-29-32-36-43(3)5-2/h6-7,9-10,21,24,30,33,43-46,49-51H,4-5,8,11-20,22-23,25-29,31-32,34-42H2,1-3H3/b7-6-,10-9-,24-21-,33-30-/t43?,44-,45-,46-/m0/s1. The van der Waals surface area contributed by atoms with Crippen LogP contribution in [-0.4, -0.2) is 58.8 Å². The van der Waals surface area contributed by atoms with E-state index in [4.69, 9.17) is 9.47 Å². The minimum Gasteiger partial charge on any atom is -0.463 e. The van der Waals surface area contributed by atoms with Crippen molar-refractivity contribution in [3.8, 4) is 0 Å². The van der Waals surface area contributed by atoms with E-state index in [1.54, 1.807) is 0 Å². The fourth-order valence-corrected chi connectivity index (χ4v) is 6.39. The van der Waals surface area contributed by atoms with E-state index in [-0.39, 0.29) is 32.0 Å². The number of hydrogen-bond donors (Lipinski definition) is 3. The van der Waals surface area contributed by atoms with Crippen molar-refractivity contribution in [1.29, 1.82) is 0 Å². The SMILES string of the molecule is CC/C=C\C/C=C\C/C=C\C/C=C\C[C@H](O)[C@@H](O)CCCC(=O)OC[C@@H](O)COC(=O)CCCCCCCCCCCCCCCCCCCCC(C)CC. The first-order valence-electron chi connectivity index (χ1n) is 22.7. The van der Waals surface area contributed by atoms with Gasteiger partial charge >= 0.3 is 11.9 Å². The molecule has 0 fully saturated rings. The predicted octanol–water partition coefficient (Wildman–Crippen LogP) is 12.4. The van der Waals surface area contributed by atoms with Crippen LogP contribution in [0.15, 0.2) is 48.6 Å². The van der Waals surface area contributed by atoms with Crippen molar-refractivity contribution in [3.05, 3.63) is 48.6 Å². The zero-order chi connectivity index (χ0) is 40.5. The van der Waals surface area contributed by atoms with Gasteiger partial charge in [-0.05, 0) is 57.3 Å². The monoisotopic (exact) mass is 775 g/mol. The summed E-state index contributed by atoms with van der Waals surface area (Å²) in [4.78, 5) is 24.1. The molecule has 1 unspecified atom stereocenters. The second kappa shape index (κ2) is 41.4. The molecule has 0 aliphatic heterocycles. The Kier molecular flexibility index (Phi) is 39.7. The molecule has 0 bridgehead atoms. The molecule has 3 N–H and O–H groups in total. The van der Waals surface area contributed by atoms with Gasteiger partial charge in [-0.1, -0.05) is 191 Å². The lowest BCUT2D eigenvalue weighted by Gasteiger charge is -2.16. The van der Waals surface area contributed by atoms with Crippen molar-refractivity contribution in [2.24, 2.45) is 5.92 Å². The molecule has 7 nitrogen and oxygen atoms in total. The van der Waals surface area contributed by atoms with Crippen LogP contribution in [0.4, 0.5) is 0 Å². The maximum absolute atomic E-state index is 12.0. The molecule has 0 saturated heterocycles. The lowest BCUT2D eigenvalue weighted by Crippen LogP contribution is -2.26. The van der Waals surface area contributed by atoms with Gasteiger partial charge in [0.05, 0.1) is 12.2 Å². The quantitative estimate of drug-likeness (QED) is 0.0323. The van der Waals surface area contributed by atoms with E-state index in [2.05, 4.69) is 57.2 Å². The highest BCUT2D eigenvalue weighted by molar-refractivity contribution is 5.69. The molecule has 0 aliphatic rings. The molecule has 0 aliphatic carbocycles. The van der Waals surface area contributed by atoms with Gasteiger partial charge in [0.1, 0.15) is 19.3 Å². The van der Waals surface area contributed by atoms with Gasteiger partial charge < -0.3 is 24.8 Å². The summed E-state index contributed by atoms with van der Waals surface area (Å²) in [6.07, 6.45) is 45.0. The molecule has 320 valence electrons. The van der Waals surface area contributed by atoms with E-state index in [1.807, 2.05) is 12.2 Å². The van der Waals surface area contributed by atoms with Crippen LogP contribution in [0.25, 0.3) is 0 Å². The molecule has 0 saturated carbocycles. The van der Waals surface area contributed by atoms with Gasteiger partial charge in [-0.25, -0.2) is 0 Å². The van der Waals surface area contributed by atoms with Crippen molar-refractivity contribution >= 4 is 11.9 Å². The highest BCUT2D eigenvalue weighted by Crippen LogP contribution is 2.17. The summed E-state index contributed by atoms with van der Waals surface area (Å²) in [6, 6.07) is 0. The highest BCUT2D eigenvalue weighted by Gasteiger charge is 2.16. The number of allylic oxidation sites excluding steroid dienone is 7. The van der Waals surface area contributed by atoms with Crippen molar-refractivity contribution in [2.45, 2.75) is 225 Å². The van der Waals surface area contributed by atoms with Crippen LogP contribution in [0.1, 0.15) is 207 Å². The van der Waals surface area contributed by atoms with E-state index in [0.29, 0.717) is 19.3 Å². The van der Waals surface area contributed by atoms with Crippen LogP contribution in [0.2, 0.25) is 0 Å². The first-order valence-corrected chi connectivity index (χ1v) is 22.7. The lowest BCUT2D eigenvalue weighted by molar-refractivity contribution is -0.152. The molecule has 7 heteroatoms. The van der Waals surface area contributed by atoms with Gasteiger partial charge in [0, 0.05) is 12.8 Å². The van der Waals surface area contributed by atoms with Crippen molar-refractivity contribution in [1.82, 2.24) is 0 Å². The molecule has 55 heavy (non-hydrogen) atoms. The van der Waals surface area contributed by atoms with Crippen LogP contribution in [0.3, 0.4) is 0 Å². The lowest BCUT2D eigenvalue weighted by atomic mass is 9.99. The van der Waals surface area contributed by atoms with E-state index in [9.17, 15) is 24.9 Å². The number of esters is 2. The Morgan fingerprint density at radius 2 is 0.855 bits per heavy atom. The number of rotatable bonds is 40. The summed E-state index contributed by atoms with van der Waals surface area (Å²) in [5, 5.41) is 30.5. The topological polar surface area (TPSA) is 113 Å². The van der Waals surface area contributed by atoms with Gasteiger partial charge in [-0.15, -0.1) is 0 Å². The molecule has 0 radical (unpaired) electrons. The number of carbonyl (C=O) groups excluding carboxylic acids is 2. The first-order chi connectivity index (χ1) is 26.8. The van der Waals surface area contributed by atoms with Crippen LogP contribution in [0, 0.1) is 5.92 Å². The fourth-order valence-electron chi connectivity index (χ4n) is 6.39. The molecule has 0 aromatic rings. The van der Waals surface area contributed by atoms with Gasteiger partial charge in [0.15, 0.2) is 0 Å². The average molecular weight is 775 g/mol. The maximum Gasteiger partial charge on any atom is 0.305 e. The third kappa shape index (κ3) is 39.8. The molecule has 0 rings (SSSR count). The highest BCUT2D eigenvalue weighted by atomic mass is 16.6. The van der Waals surface area contributed by atoms with E-state index in [0.717, 1.165) is 50.9 Å².